The maximum absolute atomic E-state index is 9.59. The van der Waals surface area contributed by atoms with Crippen LogP contribution in [0.5, 0.6) is 0 Å². The van der Waals surface area contributed by atoms with Gasteiger partial charge < -0.3 is 15.7 Å². The summed E-state index contributed by atoms with van der Waals surface area (Å²) in [6.45, 7) is 3.72. The van der Waals surface area contributed by atoms with Gasteiger partial charge in [0.2, 0.25) is 17.2 Å². The highest BCUT2D eigenvalue weighted by Gasteiger charge is 2.33. The highest BCUT2D eigenvalue weighted by molar-refractivity contribution is 6.28. The number of aromatic nitrogens is 3. The molecule has 112 valence electrons. The molecule has 1 aromatic heterocycles. The van der Waals surface area contributed by atoms with Crippen LogP contribution < -0.4 is 10.6 Å². The molecule has 0 amide bonds. The van der Waals surface area contributed by atoms with Gasteiger partial charge in [0.15, 0.2) is 0 Å². The van der Waals surface area contributed by atoms with E-state index in [-0.39, 0.29) is 17.3 Å². The molecule has 1 fully saturated rings. The quantitative estimate of drug-likeness (QED) is 0.716. The zero-order valence-electron chi connectivity index (χ0n) is 11.8. The third-order valence-corrected chi connectivity index (χ3v) is 3.93. The van der Waals surface area contributed by atoms with Crippen molar-refractivity contribution in [2.45, 2.75) is 39.0 Å². The molecule has 1 aliphatic rings. The van der Waals surface area contributed by atoms with Crippen molar-refractivity contribution in [3.8, 4) is 0 Å². The predicted octanol–water partition coefficient (Wildman–Crippen LogP) is 2.31. The third-order valence-electron chi connectivity index (χ3n) is 3.76. The molecule has 1 aliphatic carbocycles. The van der Waals surface area contributed by atoms with Gasteiger partial charge in [-0.05, 0) is 30.9 Å². The third kappa shape index (κ3) is 3.93. The van der Waals surface area contributed by atoms with E-state index in [2.05, 4.69) is 32.5 Å². The smallest absolute Gasteiger partial charge is 0.228 e. The maximum atomic E-state index is 9.59. The monoisotopic (exact) mass is 299 g/mol. The lowest BCUT2D eigenvalue weighted by Crippen LogP contribution is -2.31. The first kappa shape index (κ1) is 15.3. The Bertz CT molecular complexity index is 437. The molecule has 1 aromatic rings. The molecule has 3 N–H and O–H groups in total. The van der Waals surface area contributed by atoms with Gasteiger partial charge >= 0.3 is 0 Å². The van der Waals surface area contributed by atoms with E-state index in [1.165, 1.54) is 12.8 Å². The van der Waals surface area contributed by atoms with Crippen molar-refractivity contribution in [2.75, 3.05) is 30.3 Å². The first-order chi connectivity index (χ1) is 9.67. The highest BCUT2D eigenvalue weighted by Crippen LogP contribution is 2.37. The summed E-state index contributed by atoms with van der Waals surface area (Å²) in [5.41, 5.74) is -0.0455. The number of nitrogens with zero attached hydrogens (tertiary/aromatic N) is 3. The van der Waals surface area contributed by atoms with E-state index in [0.29, 0.717) is 18.4 Å². The first-order valence-corrected chi connectivity index (χ1v) is 7.55. The summed E-state index contributed by atoms with van der Waals surface area (Å²) in [5.74, 6) is 0.946. The van der Waals surface area contributed by atoms with Crippen LogP contribution in [0.4, 0.5) is 11.9 Å². The Hall–Kier alpha value is -1.14. The number of hydrogen-bond acceptors (Lipinski definition) is 6. The van der Waals surface area contributed by atoms with Crippen LogP contribution in [0.15, 0.2) is 0 Å². The molecule has 0 saturated heterocycles. The van der Waals surface area contributed by atoms with Crippen LogP contribution in [0, 0.1) is 5.41 Å². The molecule has 1 saturated carbocycles. The molecule has 0 unspecified atom stereocenters. The van der Waals surface area contributed by atoms with Crippen molar-refractivity contribution in [1.82, 2.24) is 15.0 Å². The van der Waals surface area contributed by atoms with Crippen molar-refractivity contribution in [2.24, 2.45) is 5.41 Å². The van der Waals surface area contributed by atoms with Crippen LogP contribution in [0.3, 0.4) is 0 Å². The largest absolute Gasteiger partial charge is 0.396 e. The average molecular weight is 300 g/mol. The van der Waals surface area contributed by atoms with E-state index in [9.17, 15) is 5.11 Å². The average Bonchev–Trinajstić information content (AvgIpc) is 2.92. The molecule has 0 spiro atoms. The van der Waals surface area contributed by atoms with Crippen molar-refractivity contribution in [3.63, 3.8) is 0 Å². The lowest BCUT2D eigenvalue weighted by Gasteiger charge is -2.26. The number of hydrogen-bond donors (Lipinski definition) is 3. The Balaban J connectivity index is 1.99. The Morgan fingerprint density at radius 3 is 2.40 bits per heavy atom. The van der Waals surface area contributed by atoms with Gasteiger partial charge in [-0.15, -0.1) is 0 Å². The van der Waals surface area contributed by atoms with Gasteiger partial charge in [0.05, 0.1) is 6.61 Å². The summed E-state index contributed by atoms with van der Waals surface area (Å²) in [7, 11) is 0. The number of aliphatic hydroxyl groups is 1. The Morgan fingerprint density at radius 1 is 1.15 bits per heavy atom. The summed E-state index contributed by atoms with van der Waals surface area (Å²) >= 11 is 5.90. The molecule has 0 bridgehead atoms. The Morgan fingerprint density at radius 2 is 1.80 bits per heavy atom. The fourth-order valence-electron chi connectivity index (χ4n) is 2.53. The summed E-state index contributed by atoms with van der Waals surface area (Å²) in [5, 5.41) is 16.0. The second-order valence-corrected chi connectivity index (χ2v) is 5.74. The SMILES string of the molecule is CCCNc1nc(Cl)nc(NCC2(CO)CCCC2)n1. The van der Waals surface area contributed by atoms with E-state index in [0.717, 1.165) is 25.8 Å². The van der Waals surface area contributed by atoms with Gasteiger partial charge in [-0.1, -0.05) is 19.8 Å². The van der Waals surface area contributed by atoms with Gasteiger partial charge in [-0.2, -0.15) is 15.0 Å². The lowest BCUT2D eigenvalue weighted by molar-refractivity contribution is 0.142. The maximum Gasteiger partial charge on any atom is 0.228 e. The molecule has 0 radical (unpaired) electrons. The fourth-order valence-corrected chi connectivity index (χ4v) is 2.69. The van der Waals surface area contributed by atoms with E-state index < -0.39 is 0 Å². The zero-order valence-corrected chi connectivity index (χ0v) is 12.6. The number of rotatable bonds is 7. The predicted molar refractivity (Wildman–Crippen MR) is 80.1 cm³/mol. The highest BCUT2D eigenvalue weighted by atomic mass is 35.5. The zero-order chi connectivity index (χ0) is 14.4. The lowest BCUT2D eigenvalue weighted by atomic mass is 9.87. The molecule has 2 rings (SSSR count). The summed E-state index contributed by atoms with van der Waals surface area (Å²) < 4.78 is 0. The van der Waals surface area contributed by atoms with E-state index >= 15 is 0 Å². The second-order valence-electron chi connectivity index (χ2n) is 5.40. The molecule has 0 aliphatic heterocycles. The molecule has 20 heavy (non-hydrogen) atoms. The Kier molecular flexibility index (Phi) is 5.37. The van der Waals surface area contributed by atoms with Crippen LogP contribution in [0.1, 0.15) is 39.0 Å². The van der Waals surface area contributed by atoms with Crippen molar-refractivity contribution >= 4 is 23.5 Å². The number of nitrogens with one attached hydrogen (secondary N) is 2. The molecular weight excluding hydrogens is 278 g/mol. The van der Waals surface area contributed by atoms with Crippen molar-refractivity contribution in [1.29, 1.82) is 0 Å². The summed E-state index contributed by atoms with van der Waals surface area (Å²) in [6, 6.07) is 0. The molecule has 7 heteroatoms. The first-order valence-electron chi connectivity index (χ1n) is 7.18. The molecule has 0 atom stereocenters. The summed E-state index contributed by atoms with van der Waals surface area (Å²) in [4.78, 5) is 12.4. The number of anilines is 2. The van der Waals surface area contributed by atoms with Crippen molar-refractivity contribution < 1.29 is 5.11 Å². The van der Waals surface area contributed by atoms with E-state index in [4.69, 9.17) is 11.6 Å². The van der Waals surface area contributed by atoms with Crippen LogP contribution in [0.2, 0.25) is 5.28 Å². The van der Waals surface area contributed by atoms with Gasteiger partial charge in [0.25, 0.3) is 0 Å². The normalized spacial score (nSPS) is 17.1. The van der Waals surface area contributed by atoms with Gasteiger partial charge in [0.1, 0.15) is 0 Å². The van der Waals surface area contributed by atoms with E-state index in [1.54, 1.807) is 0 Å². The minimum Gasteiger partial charge on any atom is -0.396 e. The minimum absolute atomic E-state index is 0.0455. The second kappa shape index (κ2) is 7.04. The molecule has 0 aromatic carbocycles. The molecule has 6 nitrogen and oxygen atoms in total. The summed E-state index contributed by atoms with van der Waals surface area (Å²) in [6.07, 6.45) is 5.40. The van der Waals surface area contributed by atoms with Crippen LogP contribution >= 0.6 is 11.6 Å². The minimum atomic E-state index is -0.0455. The molecule has 1 heterocycles. The Labute approximate surface area is 124 Å². The number of aliphatic hydroxyl groups excluding tert-OH is 1. The van der Waals surface area contributed by atoms with Gasteiger partial charge in [-0.25, -0.2) is 0 Å². The topological polar surface area (TPSA) is 83.0 Å². The standard InChI is InChI=1S/C13H22ClN5O/c1-2-7-15-11-17-10(14)18-12(19-11)16-8-13(9-20)5-3-4-6-13/h20H,2-9H2,1H3,(H2,15,16,17,18,19). The van der Waals surface area contributed by atoms with Crippen LogP contribution in [-0.4, -0.2) is 39.8 Å². The van der Waals surface area contributed by atoms with E-state index in [1.807, 2.05) is 0 Å². The van der Waals surface area contributed by atoms with Crippen LogP contribution in [-0.2, 0) is 0 Å². The van der Waals surface area contributed by atoms with Gasteiger partial charge in [-0.3, -0.25) is 0 Å². The number of halogens is 1. The van der Waals surface area contributed by atoms with Crippen molar-refractivity contribution in [3.05, 3.63) is 5.28 Å². The van der Waals surface area contributed by atoms with Crippen LogP contribution in [0.25, 0.3) is 0 Å². The fraction of sp³-hybridized carbons (Fsp3) is 0.769. The molecular formula is C13H22ClN5O. The van der Waals surface area contributed by atoms with Gasteiger partial charge in [0, 0.05) is 18.5 Å².